The van der Waals surface area contributed by atoms with E-state index in [2.05, 4.69) is 10.5 Å². The molecule has 27 heavy (non-hydrogen) atoms. The number of anilines is 2. The lowest BCUT2D eigenvalue weighted by Crippen LogP contribution is -2.41. The van der Waals surface area contributed by atoms with Crippen molar-refractivity contribution in [2.75, 3.05) is 23.9 Å². The number of rotatable bonds is 6. The fourth-order valence-electron chi connectivity index (χ4n) is 3.15. The summed E-state index contributed by atoms with van der Waals surface area (Å²) >= 11 is 5.91. The van der Waals surface area contributed by atoms with Gasteiger partial charge in [0, 0.05) is 35.7 Å². The van der Waals surface area contributed by atoms with Crippen LogP contribution in [0.25, 0.3) is 0 Å². The molecule has 1 unspecified atom stereocenters. The van der Waals surface area contributed by atoms with Crippen molar-refractivity contribution in [3.63, 3.8) is 0 Å². The monoisotopic (exact) mass is 391 g/mol. The summed E-state index contributed by atoms with van der Waals surface area (Å²) in [7, 11) is 1.62. The molecular weight excluding hydrogens is 370 g/mol. The zero-order chi connectivity index (χ0) is 19.6. The van der Waals surface area contributed by atoms with E-state index in [-0.39, 0.29) is 23.1 Å². The van der Waals surface area contributed by atoms with Crippen molar-refractivity contribution < 1.29 is 18.8 Å². The predicted molar refractivity (Wildman–Crippen MR) is 102 cm³/mol. The Labute approximate surface area is 162 Å². The molecule has 1 saturated heterocycles. The molecule has 2 amide bonds. The molecule has 1 aromatic carbocycles. The summed E-state index contributed by atoms with van der Waals surface area (Å²) in [5, 5.41) is 7.31. The zero-order valence-electron chi connectivity index (χ0n) is 15.5. The second-order valence-electron chi connectivity index (χ2n) is 7.18. The average molecular weight is 392 g/mol. The van der Waals surface area contributed by atoms with Crippen molar-refractivity contribution in [3.05, 3.63) is 41.0 Å². The van der Waals surface area contributed by atoms with Gasteiger partial charge in [0.05, 0.1) is 12.3 Å². The molecule has 1 atom stereocenters. The minimum Gasteiger partial charge on any atom is -0.384 e. The predicted octanol–water partition coefficient (Wildman–Crippen LogP) is 3.39. The number of ether oxygens (including phenoxy) is 1. The normalized spacial score (nSPS) is 17.4. The van der Waals surface area contributed by atoms with E-state index in [0.717, 1.165) is 0 Å². The highest BCUT2D eigenvalue weighted by Crippen LogP contribution is 2.29. The number of hydrogen-bond acceptors (Lipinski definition) is 5. The van der Waals surface area contributed by atoms with Gasteiger partial charge in [0.1, 0.15) is 6.04 Å². The lowest BCUT2D eigenvalue weighted by Gasteiger charge is -2.23. The number of hydrogen-bond donors (Lipinski definition) is 1. The Morgan fingerprint density at radius 1 is 1.41 bits per heavy atom. The maximum absolute atomic E-state index is 12.8. The van der Waals surface area contributed by atoms with E-state index in [1.165, 1.54) is 4.90 Å². The molecule has 0 bridgehead atoms. The van der Waals surface area contributed by atoms with Crippen LogP contribution in [0.15, 0.2) is 34.9 Å². The number of amides is 2. The van der Waals surface area contributed by atoms with Crippen molar-refractivity contribution in [3.8, 4) is 0 Å². The van der Waals surface area contributed by atoms with Gasteiger partial charge < -0.3 is 9.26 Å². The van der Waals surface area contributed by atoms with Gasteiger partial charge in [-0.05, 0) is 30.7 Å². The molecule has 7 nitrogen and oxygen atoms in total. The van der Waals surface area contributed by atoms with Crippen LogP contribution in [-0.2, 0) is 19.7 Å². The van der Waals surface area contributed by atoms with Crippen LogP contribution in [0.4, 0.5) is 11.6 Å². The first-order valence-corrected chi connectivity index (χ1v) is 9.04. The second kappa shape index (κ2) is 7.70. The largest absolute Gasteiger partial charge is 0.384 e. The summed E-state index contributed by atoms with van der Waals surface area (Å²) in [5.74, 6) is -0.172. The number of halogens is 1. The Balaban J connectivity index is 1.74. The lowest BCUT2D eigenvalue weighted by atomic mass is 9.90. The van der Waals surface area contributed by atoms with E-state index >= 15 is 0 Å². The third-order valence-corrected chi connectivity index (χ3v) is 4.83. The fraction of sp³-hybridized carbons (Fsp3) is 0.421. The molecule has 0 spiro atoms. The second-order valence-corrected chi connectivity index (χ2v) is 7.61. The molecule has 2 heterocycles. The number of nitrogens with zero attached hydrogens (tertiary/aromatic N) is 2. The first-order valence-electron chi connectivity index (χ1n) is 8.66. The molecule has 2 aromatic rings. The standard InChI is InChI=1S/C19H22ClN3O4/c1-19(2,11-26-3)15-10-16(27-22-15)21-18(25)14-8-9-17(24)23(14)13-6-4-12(20)5-7-13/h4-7,10,14H,8-9,11H2,1-3H3,(H,21,25). The summed E-state index contributed by atoms with van der Waals surface area (Å²) in [6.45, 7) is 4.41. The quantitative estimate of drug-likeness (QED) is 0.815. The summed E-state index contributed by atoms with van der Waals surface area (Å²) in [6.07, 6.45) is 0.743. The van der Waals surface area contributed by atoms with Gasteiger partial charge in [0.15, 0.2) is 0 Å². The molecule has 1 N–H and O–H groups in total. The minimum atomic E-state index is -0.612. The first kappa shape index (κ1) is 19.4. The maximum Gasteiger partial charge on any atom is 0.249 e. The van der Waals surface area contributed by atoms with E-state index in [1.54, 1.807) is 37.4 Å². The summed E-state index contributed by atoms with van der Waals surface area (Å²) in [6, 6.07) is 7.91. The van der Waals surface area contributed by atoms with Gasteiger partial charge in [0.2, 0.25) is 17.7 Å². The molecule has 1 aromatic heterocycles. The van der Waals surface area contributed by atoms with Crippen LogP contribution < -0.4 is 10.2 Å². The van der Waals surface area contributed by atoms with E-state index in [0.29, 0.717) is 35.9 Å². The Morgan fingerprint density at radius 3 is 2.78 bits per heavy atom. The molecule has 0 saturated carbocycles. The molecule has 0 radical (unpaired) electrons. The highest BCUT2D eigenvalue weighted by molar-refractivity contribution is 6.30. The number of carbonyl (C=O) groups is 2. The zero-order valence-corrected chi connectivity index (χ0v) is 16.2. The Hall–Kier alpha value is -2.38. The van der Waals surface area contributed by atoms with Crippen molar-refractivity contribution in [2.45, 2.75) is 38.1 Å². The molecule has 1 aliphatic heterocycles. The van der Waals surface area contributed by atoms with Crippen LogP contribution in [0.3, 0.4) is 0 Å². The van der Waals surface area contributed by atoms with Gasteiger partial charge in [-0.2, -0.15) is 0 Å². The summed E-state index contributed by atoms with van der Waals surface area (Å²) < 4.78 is 10.4. The van der Waals surface area contributed by atoms with Gasteiger partial charge in [-0.25, -0.2) is 0 Å². The number of methoxy groups -OCH3 is 1. The third kappa shape index (κ3) is 4.14. The molecular formula is C19H22ClN3O4. The van der Waals surface area contributed by atoms with Crippen LogP contribution in [0.1, 0.15) is 32.4 Å². The smallest absolute Gasteiger partial charge is 0.249 e. The summed E-state index contributed by atoms with van der Waals surface area (Å²) in [4.78, 5) is 26.5. The van der Waals surface area contributed by atoms with Gasteiger partial charge >= 0.3 is 0 Å². The fourth-order valence-corrected chi connectivity index (χ4v) is 3.28. The van der Waals surface area contributed by atoms with Crippen molar-refractivity contribution in [1.29, 1.82) is 0 Å². The Bertz CT molecular complexity index is 832. The molecule has 0 aliphatic carbocycles. The molecule has 8 heteroatoms. The number of benzene rings is 1. The minimum absolute atomic E-state index is 0.100. The van der Waals surface area contributed by atoms with E-state index in [4.69, 9.17) is 20.9 Å². The first-order chi connectivity index (χ1) is 12.8. The maximum atomic E-state index is 12.8. The van der Waals surface area contributed by atoms with E-state index in [1.807, 2.05) is 13.8 Å². The molecule has 144 valence electrons. The van der Waals surface area contributed by atoms with Gasteiger partial charge in [-0.1, -0.05) is 30.6 Å². The SMILES string of the molecule is COCC(C)(C)c1cc(NC(=O)C2CCC(=O)N2c2ccc(Cl)cc2)on1. The number of nitrogens with one attached hydrogen (secondary N) is 1. The van der Waals surface area contributed by atoms with Crippen LogP contribution in [0.2, 0.25) is 5.02 Å². The lowest BCUT2D eigenvalue weighted by molar-refractivity contribution is -0.120. The number of aromatic nitrogens is 1. The van der Waals surface area contributed by atoms with Crippen molar-refractivity contribution in [1.82, 2.24) is 5.16 Å². The van der Waals surface area contributed by atoms with Crippen molar-refractivity contribution in [2.24, 2.45) is 0 Å². The van der Waals surface area contributed by atoms with Crippen LogP contribution >= 0.6 is 11.6 Å². The third-order valence-electron chi connectivity index (χ3n) is 4.57. The van der Waals surface area contributed by atoms with E-state index < -0.39 is 6.04 Å². The van der Waals surface area contributed by atoms with Crippen LogP contribution in [-0.4, -0.2) is 36.7 Å². The molecule has 1 fully saturated rings. The summed E-state index contributed by atoms with van der Waals surface area (Å²) in [5.41, 5.74) is 0.970. The molecule has 3 rings (SSSR count). The average Bonchev–Trinajstić information content (AvgIpc) is 3.23. The topological polar surface area (TPSA) is 84.7 Å². The number of carbonyl (C=O) groups excluding carboxylic acids is 2. The highest BCUT2D eigenvalue weighted by Gasteiger charge is 2.37. The van der Waals surface area contributed by atoms with Gasteiger partial charge in [0.25, 0.3) is 0 Å². The van der Waals surface area contributed by atoms with Gasteiger partial charge in [-0.3, -0.25) is 19.8 Å². The van der Waals surface area contributed by atoms with Gasteiger partial charge in [-0.15, -0.1) is 0 Å². The van der Waals surface area contributed by atoms with Crippen LogP contribution in [0.5, 0.6) is 0 Å². The Morgan fingerprint density at radius 2 is 2.11 bits per heavy atom. The molecule has 1 aliphatic rings. The highest BCUT2D eigenvalue weighted by atomic mass is 35.5. The van der Waals surface area contributed by atoms with Crippen LogP contribution in [0, 0.1) is 0 Å². The Kier molecular flexibility index (Phi) is 5.53. The van der Waals surface area contributed by atoms with Crippen molar-refractivity contribution >= 4 is 35.0 Å². The van der Waals surface area contributed by atoms with E-state index in [9.17, 15) is 9.59 Å².